The van der Waals surface area contributed by atoms with Crippen molar-refractivity contribution < 1.29 is 35.1 Å². The Hall–Kier alpha value is -2.96. The van der Waals surface area contributed by atoms with Crippen LogP contribution in [0.1, 0.15) is 16.8 Å². The zero-order chi connectivity index (χ0) is 22.5. The minimum Gasteiger partial charge on any atom is -0.326 e. The molecule has 0 fully saturated rings. The van der Waals surface area contributed by atoms with E-state index in [-0.39, 0.29) is 12.2 Å². The van der Waals surface area contributed by atoms with Crippen LogP contribution in [-0.4, -0.2) is 25.5 Å². The van der Waals surface area contributed by atoms with E-state index in [2.05, 4.69) is 10.1 Å². The fourth-order valence-electron chi connectivity index (χ4n) is 2.87. The number of rotatable bonds is 4. The maximum absolute atomic E-state index is 13.8. The molecule has 0 saturated carbocycles. The highest BCUT2D eigenvalue weighted by molar-refractivity contribution is 5.60. The van der Waals surface area contributed by atoms with Crippen molar-refractivity contribution in [3.63, 3.8) is 0 Å². The van der Waals surface area contributed by atoms with Gasteiger partial charge in [0.2, 0.25) is 0 Å². The van der Waals surface area contributed by atoms with Crippen LogP contribution in [0, 0.1) is 0 Å². The third-order valence-electron chi connectivity index (χ3n) is 4.24. The van der Waals surface area contributed by atoms with E-state index in [1.165, 1.54) is 0 Å². The van der Waals surface area contributed by atoms with Crippen molar-refractivity contribution in [2.45, 2.75) is 24.8 Å². The van der Waals surface area contributed by atoms with Crippen molar-refractivity contribution in [2.75, 3.05) is 0 Å². The largest absolute Gasteiger partial charge is 0.459 e. The van der Waals surface area contributed by atoms with E-state index in [0.717, 1.165) is 19.6 Å². The first kappa shape index (κ1) is 21.7. The number of halogens is 8. The number of nitrogens with two attached hydrogens (primary N) is 1. The molecule has 0 radical (unpaired) electrons. The van der Waals surface area contributed by atoms with Gasteiger partial charge in [-0.1, -0.05) is 18.2 Å². The van der Waals surface area contributed by atoms with Gasteiger partial charge >= 0.3 is 18.3 Å². The van der Waals surface area contributed by atoms with Gasteiger partial charge < -0.3 is 5.73 Å². The number of benzene rings is 1. The molecule has 2 heterocycles. The van der Waals surface area contributed by atoms with Crippen LogP contribution < -0.4 is 5.73 Å². The molecule has 5 nitrogen and oxygen atoms in total. The monoisotopic (exact) mass is 439 g/mol. The van der Waals surface area contributed by atoms with Crippen LogP contribution in [-0.2, 0) is 25.7 Å². The number of imidazole rings is 1. The van der Waals surface area contributed by atoms with E-state index in [9.17, 15) is 35.1 Å². The molecule has 0 amide bonds. The van der Waals surface area contributed by atoms with Crippen LogP contribution in [0.15, 0.2) is 36.8 Å². The second kappa shape index (κ2) is 7.07. The summed E-state index contributed by atoms with van der Waals surface area (Å²) in [6.45, 7) is 0.185. The van der Waals surface area contributed by atoms with Crippen molar-refractivity contribution in [3.8, 4) is 17.1 Å². The van der Waals surface area contributed by atoms with Gasteiger partial charge in [-0.2, -0.15) is 40.2 Å². The van der Waals surface area contributed by atoms with E-state index in [1.807, 2.05) is 0 Å². The molecule has 0 saturated heterocycles. The fraction of sp³-hybridized carbons (Fsp3) is 0.294. The summed E-state index contributed by atoms with van der Waals surface area (Å²) in [6, 6.07) is 6.53. The summed E-state index contributed by atoms with van der Waals surface area (Å²) in [5, 5.41) is 2.86. The second-order valence-electron chi connectivity index (χ2n) is 6.31. The molecule has 0 unspecified atom stereocenters. The Labute approximate surface area is 163 Å². The SMILES string of the molecule is Cn1nc(C(F)(F)C(F)(F)F)c(C(F)(F)F)c1-n1cnc(-c2cccc(CN)c2)c1. The number of nitrogens with zero attached hydrogens (tertiary/aromatic N) is 4. The minimum absolute atomic E-state index is 0.156. The summed E-state index contributed by atoms with van der Waals surface area (Å²) < 4.78 is 107. The molecule has 13 heteroatoms. The molecule has 3 aromatic rings. The Balaban J connectivity index is 2.19. The lowest BCUT2D eigenvalue weighted by atomic mass is 10.1. The first-order chi connectivity index (χ1) is 13.8. The summed E-state index contributed by atoms with van der Waals surface area (Å²) in [6.07, 6.45) is -9.87. The smallest absolute Gasteiger partial charge is 0.326 e. The van der Waals surface area contributed by atoms with E-state index in [0.29, 0.717) is 20.4 Å². The topological polar surface area (TPSA) is 61.7 Å². The van der Waals surface area contributed by atoms with Gasteiger partial charge in [0.05, 0.1) is 5.69 Å². The summed E-state index contributed by atoms with van der Waals surface area (Å²) in [5.74, 6) is -6.85. The predicted octanol–water partition coefficient (Wildman–Crippen LogP) is 4.40. The van der Waals surface area contributed by atoms with Crippen LogP contribution in [0.5, 0.6) is 0 Å². The van der Waals surface area contributed by atoms with Gasteiger partial charge in [-0.05, 0) is 11.6 Å². The highest BCUT2D eigenvalue weighted by atomic mass is 19.4. The van der Waals surface area contributed by atoms with Crippen molar-refractivity contribution >= 4 is 0 Å². The standard InChI is InChI=1S/C17H13F8N5/c1-29-14(12(16(20,21)22)13(28-29)15(18,19)17(23,24)25)30-7-11(27-8-30)10-4-2-3-9(5-10)6-26/h2-5,7-8H,6,26H2,1H3. The van der Waals surface area contributed by atoms with Crippen molar-refractivity contribution in [1.82, 2.24) is 19.3 Å². The van der Waals surface area contributed by atoms with Gasteiger partial charge in [0, 0.05) is 25.4 Å². The predicted molar refractivity (Wildman–Crippen MR) is 88.6 cm³/mol. The molecule has 30 heavy (non-hydrogen) atoms. The Morgan fingerprint density at radius 3 is 2.27 bits per heavy atom. The quantitative estimate of drug-likeness (QED) is 0.613. The highest BCUT2D eigenvalue weighted by Crippen LogP contribution is 2.49. The number of aromatic nitrogens is 4. The minimum atomic E-state index is -6.26. The molecule has 0 aliphatic rings. The van der Waals surface area contributed by atoms with Gasteiger partial charge in [0.15, 0.2) is 5.69 Å². The zero-order valence-electron chi connectivity index (χ0n) is 15.1. The van der Waals surface area contributed by atoms with Gasteiger partial charge in [-0.3, -0.25) is 9.25 Å². The summed E-state index contributed by atoms with van der Waals surface area (Å²) in [4.78, 5) is 3.93. The highest BCUT2D eigenvalue weighted by Gasteiger charge is 2.64. The average Bonchev–Trinajstić information content (AvgIpc) is 3.25. The number of hydrogen-bond donors (Lipinski definition) is 1. The van der Waals surface area contributed by atoms with Crippen LogP contribution in [0.3, 0.4) is 0 Å². The normalized spacial score (nSPS) is 13.1. The molecule has 0 bridgehead atoms. The number of aryl methyl sites for hydroxylation is 1. The first-order valence-corrected chi connectivity index (χ1v) is 8.20. The molecule has 0 spiro atoms. The van der Waals surface area contributed by atoms with Crippen molar-refractivity contribution in [1.29, 1.82) is 0 Å². The summed E-state index contributed by atoms with van der Waals surface area (Å²) in [5.41, 5.74) is 2.22. The number of alkyl halides is 8. The lowest BCUT2D eigenvalue weighted by Gasteiger charge is -2.19. The van der Waals surface area contributed by atoms with Crippen LogP contribution in [0.2, 0.25) is 0 Å². The van der Waals surface area contributed by atoms with E-state index in [4.69, 9.17) is 5.73 Å². The lowest BCUT2D eigenvalue weighted by Crippen LogP contribution is -2.36. The van der Waals surface area contributed by atoms with E-state index >= 15 is 0 Å². The van der Waals surface area contributed by atoms with Crippen LogP contribution in [0.4, 0.5) is 35.1 Å². The molecule has 2 aromatic heterocycles. The molecule has 162 valence electrons. The zero-order valence-corrected chi connectivity index (χ0v) is 15.1. The Kier molecular flexibility index (Phi) is 5.13. The molecule has 0 aliphatic heterocycles. The Morgan fingerprint density at radius 1 is 1.03 bits per heavy atom. The lowest BCUT2D eigenvalue weighted by molar-refractivity contribution is -0.292. The Bertz CT molecular complexity index is 1060. The van der Waals surface area contributed by atoms with Crippen molar-refractivity contribution in [2.24, 2.45) is 12.8 Å². The third-order valence-corrected chi connectivity index (χ3v) is 4.24. The van der Waals surface area contributed by atoms with Gasteiger partial charge in [-0.15, -0.1) is 0 Å². The van der Waals surface area contributed by atoms with Gasteiger partial charge in [0.1, 0.15) is 17.7 Å². The van der Waals surface area contributed by atoms with Crippen LogP contribution in [0.25, 0.3) is 17.1 Å². The maximum atomic E-state index is 13.8. The van der Waals surface area contributed by atoms with E-state index < -0.39 is 35.4 Å². The molecule has 2 N–H and O–H groups in total. The summed E-state index contributed by atoms with van der Waals surface area (Å²) in [7, 11) is 0.829. The molecule has 0 aliphatic carbocycles. The molecule has 1 aromatic carbocycles. The molecular formula is C17H13F8N5. The molecular weight excluding hydrogens is 426 g/mol. The van der Waals surface area contributed by atoms with Crippen LogP contribution >= 0.6 is 0 Å². The van der Waals surface area contributed by atoms with Gasteiger partial charge in [0.25, 0.3) is 0 Å². The Morgan fingerprint density at radius 2 is 1.70 bits per heavy atom. The van der Waals surface area contributed by atoms with Crippen molar-refractivity contribution in [3.05, 3.63) is 53.6 Å². The summed E-state index contributed by atoms with van der Waals surface area (Å²) >= 11 is 0. The van der Waals surface area contributed by atoms with Gasteiger partial charge in [-0.25, -0.2) is 4.98 Å². The first-order valence-electron chi connectivity index (χ1n) is 8.20. The second-order valence-corrected chi connectivity index (χ2v) is 6.31. The average molecular weight is 439 g/mol. The molecule has 3 rings (SSSR count). The van der Waals surface area contributed by atoms with E-state index in [1.54, 1.807) is 24.3 Å². The maximum Gasteiger partial charge on any atom is 0.459 e. The third kappa shape index (κ3) is 3.64. The molecule has 0 atom stereocenters. The fourth-order valence-corrected chi connectivity index (χ4v) is 2.87. The number of hydrogen-bond acceptors (Lipinski definition) is 3.